The second kappa shape index (κ2) is 5.36. The van der Waals surface area contributed by atoms with Gasteiger partial charge in [0, 0.05) is 18.1 Å². The standard InChI is InChI=1S/C17H14FN7O2/c18-16-19-7-13-24(16)12-4-2-1-3-11(12)15-20-9-23(25(13)15)17-21-14(22-27-17)10-5-6-26-8-10/h1-4,7,10H,5-6,8-9H2. The molecule has 1 atom stereocenters. The molecule has 136 valence electrons. The molecule has 0 bridgehead atoms. The number of anilines is 2. The van der Waals surface area contributed by atoms with Crippen molar-refractivity contribution in [3.8, 4) is 5.69 Å². The summed E-state index contributed by atoms with van der Waals surface area (Å²) >= 11 is 0. The van der Waals surface area contributed by atoms with Gasteiger partial charge in [-0.2, -0.15) is 9.37 Å². The minimum absolute atomic E-state index is 0.135. The van der Waals surface area contributed by atoms with Crippen molar-refractivity contribution in [2.45, 2.75) is 12.3 Å². The smallest absolute Gasteiger partial charge is 0.345 e. The van der Waals surface area contributed by atoms with E-state index in [1.165, 1.54) is 10.8 Å². The van der Waals surface area contributed by atoms with E-state index in [1.807, 2.05) is 24.3 Å². The molecule has 27 heavy (non-hydrogen) atoms. The highest BCUT2D eigenvalue weighted by atomic mass is 19.1. The molecule has 3 aromatic rings. The second-order valence-electron chi connectivity index (χ2n) is 6.57. The summed E-state index contributed by atoms with van der Waals surface area (Å²) < 4.78 is 26.7. The number of hydrazine groups is 1. The van der Waals surface area contributed by atoms with E-state index in [-0.39, 0.29) is 5.92 Å². The van der Waals surface area contributed by atoms with Gasteiger partial charge in [-0.3, -0.25) is 4.57 Å². The van der Waals surface area contributed by atoms with Crippen molar-refractivity contribution < 1.29 is 13.7 Å². The zero-order valence-corrected chi connectivity index (χ0v) is 14.1. The zero-order chi connectivity index (χ0) is 18.0. The molecule has 3 aliphatic rings. The largest absolute Gasteiger partial charge is 0.381 e. The molecule has 0 aliphatic carbocycles. The van der Waals surface area contributed by atoms with Crippen LogP contribution in [0.2, 0.25) is 0 Å². The number of halogens is 1. The highest BCUT2D eigenvalue weighted by molar-refractivity contribution is 6.16. The van der Waals surface area contributed by atoms with E-state index in [4.69, 9.17) is 9.26 Å². The summed E-state index contributed by atoms with van der Waals surface area (Å²) in [5.41, 5.74) is 1.52. The van der Waals surface area contributed by atoms with Crippen LogP contribution in [0.4, 0.5) is 16.2 Å². The van der Waals surface area contributed by atoms with Gasteiger partial charge in [-0.1, -0.05) is 17.3 Å². The van der Waals surface area contributed by atoms with Crippen LogP contribution in [0.5, 0.6) is 0 Å². The summed E-state index contributed by atoms with van der Waals surface area (Å²) in [4.78, 5) is 13.0. The lowest BCUT2D eigenvalue weighted by Gasteiger charge is -2.32. The SMILES string of the molecule is Fc1ncc2n1-c1ccccc1C1=NCN(c3nc(C4CCOC4)no3)N12. The molecule has 0 radical (unpaired) electrons. The van der Waals surface area contributed by atoms with E-state index in [0.29, 0.717) is 49.1 Å². The van der Waals surface area contributed by atoms with Gasteiger partial charge in [-0.25, -0.2) is 20.0 Å². The van der Waals surface area contributed by atoms with Crippen LogP contribution in [0, 0.1) is 6.08 Å². The minimum atomic E-state index is -0.585. The van der Waals surface area contributed by atoms with E-state index < -0.39 is 6.08 Å². The van der Waals surface area contributed by atoms with Crippen molar-refractivity contribution in [3.05, 3.63) is 47.9 Å². The van der Waals surface area contributed by atoms with Crippen molar-refractivity contribution in [2.75, 3.05) is 29.9 Å². The Balaban J connectivity index is 1.44. The normalized spacial score (nSPS) is 20.5. The fourth-order valence-electron chi connectivity index (χ4n) is 3.74. The number of para-hydroxylation sites is 1. The Morgan fingerprint density at radius 1 is 1.22 bits per heavy atom. The number of ether oxygens (including phenoxy) is 1. The second-order valence-corrected chi connectivity index (χ2v) is 6.57. The van der Waals surface area contributed by atoms with Crippen LogP contribution >= 0.6 is 0 Å². The van der Waals surface area contributed by atoms with Gasteiger partial charge >= 0.3 is 6.01 Å². The van der Waals surface area contributed by atoms with Gasteiger partial charge < -0.3 is 9.26 Å². The van der Waals surface area contributed by atoms with Crippen LogP contribution in [-0.4, -0.2) is 45.4 Å². The Bertz CT molecular complexity index is 1070. The van der Waals surface area contributed by atoms with Crippen LogP contribution in [0.1, 0.15) is 23.7 Å². The molecule has 5 heterocycles. The number of nitrogens with zero attached hydrogens (tertiary/aromatic N) is 7. The predicted molar refractivity (Wildman–Crippen MR) is 92.4 cm³/mol. The lowest BCUT2D eigenvalue weighted by atomic mass is 10.1. The summed E-state index contributed by atoms with van der Waals surface area (Å²) in [7, 11) is 0. The number of aliphatic imine (C=N–C) groups is 1. The van der Waals surface area contributed by atoms with Crippen molar-refractivity contribution >= 4 is 17.7 Å². The number of rotatable bonds is 2. The molecule has 0 saturated carbocycles. The Kier molecular flexibility index (Phi) is 2.95. The molecular formula is C17H14FN7O2. The fraction of sp³-hybridized carbons (Fsp3) is 0.294. The maximum Gasteiger partial charge on any atom is 0.345 e. The van der Waals surface area contributed by atoms with Crippen LogP contribution in [-0.2, 0) is 4.74 Å². The fourth-order valence-corrected chi connectivity index (χ4v) is 3.74. The van der Waals surface area contributed by atoms with E-state index >= 15 is 0 Å². The molecule has 0 amide bonds. The lowest BCUT2D eigenvalue weighted by Crippen LogP contribution is -2.45. The first-order valence-corrected chi connectivity index (χ1v) is 8.67. The quantitative estimate of drug-likeness (QED) is 0.683. The first-order chi connectivity index (χ1) is 13.3. The third kappa shape index (κ3) is 2.01. The molecule has 9 nitrogen and oxygen atoms in total. The van der Waals surface area contributed by atoms with E-state index in [1.54, 1.807) is 10.0 Å². The average Bonchev–Trinajstić information content (AvgIpc) is 3.46. The number of benzene rings is 1. The van der Waals surface area contributed by atoms with Crippen molar-refractivity contribution in [1.82, 2.24) is 19.7 Å². The highest BCUT2D eigenvalue weighted by Crippen LogP contribution is 2.37. The van der Waals surface area contributed by atoms with Crippen molar-refractivity contribution in [2.24, 2.45) is 4.99 Å². The number of hydrogen-bond donors (Lipinski definition) is 0. The molecule has 1 fully saturated rings. The van der Waals surface area contributed by atoms with Gasteiger partial charge in [0.25, 0.3) is 6.08 Å². The van der Waals surface area contributed by atoms with Crippen LogP contribution in [0.3, 0.4) is 0 Å². The topological polar surface area (TPSA) is 84.8 Å². The monoisotopic (exact) mass is 367 g/mol. The zero-order valence-electron chi connectivity index (χ0n) is 14.1. The Hall–Kier alpha value is -3.27. The van der Waals surface area contributed by atoms with Gasteiger partial charge in [0.05, 0.1) is 18.5 Å². The van der Waals surface area contributed by atoms with E-state index in [9.17, 15) is 4.39 Å². The molecule has 2 aromatic heterocycles. The summed E-state index contributed by atoms with van der Waals surface area (Å²) in [5, 5.41) is 7.60. The van der Waals surface area contributed by atoms with E-state index in [2.05, 4.69) is 20.1 Å². The first-order valence-electron chi connectivity index (χ1n) is 8.67. The highest BCUT2D eigenvalue weighted by Gasteiger charge is 2.40. The summed E-state index contributed by atoms with van der Waals surface area (Å²) in [5.74, 6) is 1.98. The van der Waals surface area contributed by atoms with Crippen LogP contribution in [0.15, 0.2) is 40.0 Å². The van der Waals surface area contributed by atoms with Gasteiger partial charge in [0.1, 0.15) is 6.67 Å². The molecule has 10 heteroatoms. The van der Waals surface area contributed by atoms with E-state index in [0.717, 1.165) is 12.0 Å². The van der Waals surface area contributed by atoms with Crippen LogP contribution < -0.4 is 10.0 Å². The maximum absolute atomic E-state index is 14.4. The predicted octanol–water partition coefficient (Wildman–Crippen LogP) is 1.86. The molecule has 0 N–H and O–H groups in total. The van der Waals surface area contributed by atoms with Gasteiger partial charge in [-0.05, 0) is 18.6 Å². The van der Waals surface area contributed by atoms with Crippen LogP contribution in [0.25, 0.3) is 5.69 Å². The number of amidine groups is 1. The molecule has 6 rings (SSSR count). The minimum Gasteiger partial charge on any atom is -0.381 e. The average molecular weight is 367 g/mol. The van der Waals surface area contributed by atoms with Crippen molar-refractivity contribution in [3.63, 3.8) is 0 Å². The van der Waals surface area contributed by atoms with Gasteiger partial charge in [-0.15, -0.1) is 0 Å². The summed E-state index contributed by atoms with van der Waals surface area (Å²) in [6.07, 6.45) is 1.76. The summed E-state index contributed by atoms with van der Waals surface area (Å²) in [6.45, 7) is 1.59. The summed E-state index contributed by atoms with van der Waals surface area (Å²) in [6, 6.07) is 7.81. The van der Waals surface area contributed by atoms with Gasteiger partial charge in [0.2, 0.25) is 0 Å². The molecule has 1 unspecified atom stereocenters. The Morgan fingerprint density at radius 3 is 3.04 bits per heavy atom. The number of aromatic nitrogens is 4. The van der Waals surface area contributed by atoms with Gasteiger partial charge in [0.15, 0.2) is 17.5 Å². The third-order valence-electron chi connectivity index (χ3n) is 5.05. The molecule has 1 aromatic carbocycles. The first kappa shape index (κ1) is 14.9. The number of imidazole rings is 1. The molecule has 0 spiro atoms. The maximum atomic E-state index is 14.4. The Morgan fingerprint density at radius 2 is 2.15 bits per heavy atom. The third-order valence-corrected chi connectivity index (χ3v) is 5.05. The lowest BCUT2D eigenvalue weighted by molar-refractivity contribution is 0.192. The molecule has 1 saturated heterocycles. The number of hydrogen-bond acceptors (Lipinski definition) is 8. The number of fused-ring (bicyclic) bond motifs is 6. The Labute approximate surface area is 152 Å². The molecule has 3 aliphatic heterocycles. The molecular weight excluding hydrogens is 353 g/mol. The van der Waals surface area contributed by atoms with Crippen molar-refractivity contribution in [1.29, 1.82) is 0 Å².